The molecular weight excluding hydrogens is 342 g/mol. The predicted octanol–water partition coefficient (Wildman–Crippen LogP) is 2.07. The molecule has 6 nitrogen and oxygen atoms in total. The normalized spacial score (nSPS) is 16.7. The number of nitrogens with one attached hydrogen (secondary N) is 2. The fraction of sp³-hybridized carbons (Fsp3) is 0.286. The summed E-state index contributed by atoms with van der Waals surface area (Å²) in [4.78, 5) is 37.7. The molecule has 1 aliphatic rings. The predicted molar refractivity (Wildman–Crippen MR) is 104 cm³/mol. The van der Waals surface area contributed by atoms with Crippen LogP contribution in [0.4, 0.5) is 5.69 Å². The summed E-state index contributed by atoms with van der Waals surface area (Å²) in [6.07, 6.45) is 0.850. The van der Waals surface area contributed by atoms with Gasteiger partial charge in [0.2, 0.25) is 11.8 Å². The molecule has 1 aliphatic heterocycles. The lowest BCUT2D eigenvalue weighted by molar-refractivity contribution is -0.119. The summed E-state index contributed by atoms with van der Waals surface area (Å²) in [7, 11) is 0. The number of benzene rings is 2. The number of anilines is 1. The number of carbonyl (C=O) groups excluding carboxylic acids is 3. The van der Waals surface area contributed by atoms with E-state index in [1.807, 2.05) is 23.1 Å². The highest BCUT2D eigenvalue weighted by Gasteiger charge is 2.24. The van der Waals surface area contributed by atoms with E-state index in [2.05, 4.69) is 10.6 Å². The van der Waals surface area contributed by atoms with Gasteiger partial charge in [0, 0.05) is 42.9 Å². The summed E-state index contributed by atoms with van der Waals surface area (Å²) in [5, 5.41) is 5.73. The minimum absolute atomic E-state index is 0.0450. The molecule has 27 heavy (non-hydrogen) atoms. The van der Waals surface area contributed by atoms with Gasteiger partial charge in [0.15, 0.2) is 5.78 Å². The van der Waals surface area contributed by atoms with Gasteiger partial charge in [0.25, 0.3) is 0 Å². The van der Waals surface area contributed by atoms with E-state index < -0.39 is 0 Å². The quantitative estimate of drug-likeness (QED) is 0.768. The second kappa shape index (κ2) is 8.60. The van der Waals surface area contributed by atoms with E-state index in [4.69, 9.17) is 0 Å². The highest BCUT2D eigenvalue weighted by atomic mass is 16.2. The molecule has 2 aromatic rings. The molecule has 1 saturated heterocycles. The molecule has 2 N–H and O–H groups in total. The third kappa shape index (κ3) is 5.24. The van der Waals surface area contributed by atoms with Crippen molar-refractivity contribution in [3.8, 4) is 0 Å². The topological polar surface area (TPSA) is 78.5 Å². The van der Waals surface area contributed by atoms with E-state index in [0.717, 1.165) is 13.0 Å². The van der Waals surface area contributed by atoms with E-state index in [1.54, 1.807) is 36.4 Å². The first-order valence-corrected chi connectivity index (χ1v) is 9.00. The van der Waals surface area contributed by atoms with Gasteiger partial charge in [-0.2, -0.15) is 0 Å². The van der Waals surface area contributed by atoms with Crippen LogP contribution in [0, 0.1) is 0 Å². The average molecular weight is 365 g/mol. The van der Waals surface area contributed by atoms with Crippen molar-refractivity contribution in [3.05, 3.63) is 65.7 Å². The molecule has 0 saturated carbocycles. The molecule has 2 amide bonds. The summed E-state index contributed by atoms with van der Waals surface area (Å²) < 4.78 is 0. The van der Waals surface area contributed by atoms with E-state index in [0.29, 0.717) is 23.4 Å². The number of carbonyl (C=O) groups is 3. The van der Waals surface area contributed by atoms with Gasteiger partial charge in [-0.15, -0.1) is 0 Å². The maximum Gasteiger partial charge on any atom is 0.238 e. The van der Waals surface area contributed by atoms with Crippen LogP contribution in [-0.2, 0) is 9.59 Å². The Labute approximate surface area is 158 Å². The smallest absolute Gasteiger partial charge is 0.238 e. The molecule has 0 bridgehead atoms. The molecule has 0 spiro atoms. The zero-order valence-corrected chi connectivity index (χ0v) is 15.3. The Balaban J connectivity index is 1.52. The van der Waals surface area contributed by atoms with Gasteiger partial charge >= 0.3 is 0 Å². The largest absolute Gasteiger partial charge is 0.352 e. The summed E-state index contributed by atoms with van der Waals surface area (Å²) in [5.74, 6) is -0.202. The zero-order valence-electron chi connectivity index (χ0n) is 15.3. The highest BCUT2D eigenvalue weighted by molar-refractivity contribution is 6.09. The standard InChI is InChI=1S/C21H23N3O3/c1-15(25)22-19-11-12-24(13-19)14-20(26)23-18-9-7-17(8-10-18)21(27)16-5-3-2-4-6-16/h2-10,19H,11-14H2,1H3,(H,22,25)(H,23,26). The summed E-state index contributed by atoms with van der Waals surface area (Å²) in [6, 6.07) is 16.1. The van der Waals surface area contributed by atoms with E-state index in [-0.39, 0.29) is 30.2 Å². The molecular formula is C21H23N3O3. The lowest BCUT2D eigenvalue weighted by Gasteiger charge is -2.16. The van der Waals surface area contributed by atoms with Crippen molar-refractivity contribution < 1.29 is 14.4 Å². The van der Waals surface area contributed by atoms with Gasteiger partial charge in [0.05, 0.1) is 6.54 Å². The number of likely N-dealkylation sites (tertiary alicyclic amines) is 1. The van der Waals surface area contributed by atoms with Gasteiger partial charge in [-0.3, -0.25) is 19.3 Å². The molecule has 140 valence electrons. The van der Waals surface area contributed by atoms with Gasteiger partial charge in [0.1, 0.15) is 0 Å². The Bertz CT molecular complexity index is 818. The zero-order chi connectivity index (χ0) is 19.2. The molecule has 0 radical (unpaired) electrons. The number of ketones is 1. The molecule has 1 unspecified atom stereocenters. The van der Waals surface area contributed by atoms with E-state index >= 15 is 0 Å². The van der Waals surface area contributed by atoms with Crippen LogP contribution in [0.25, 0.3) is 0 Å². The van der Waals surface area contributed by atoms with Crippen LogP contribution in [0.5, 0.6) is 0 Å². The van der Waals surface area contributed by atoms with Gasteiger partial charge in [-0.05, 0) is 30.7 Å². The lowest BCUT2D eigenvalue weighted by Crippen LogP contribution is -2.37. The highest BCUT2D eigenvalue weighted by Crippen LogP contribution is 2.14. The van der Waals surface area contributed by atoms with Crippen molar-refractivity contribution >= 4 is 23.3 Å². The minimum atomic E-state index is -0.111. The molecule has 1 atom stereocenters. The average Bonchev–Trinajstić information content (AvgIpc) is 3.08. The Kier molecular flexibility index (Phi) is 5.98. The molecule has 1 heterocycles. The molecule has 0 aromatic heterocycles. The Morgan fingerprint density at radius 3 is 2.33 bits per heavy atom. The van der Waals surface area contributed by atoms with Crippen LogP contribution >= 0.6 is 0 Å². The molecule has 1 fully saturated rings. The summed E-state index contributed by atoms with van der Waals surface area (Å²) in [6.45, 7) is 3.24. The first-order valence-electron chi connectivity index (χ1n) is 9.00. The SMILES string of the molecule is CC(=O)NC1CCN(CC(=O)Nc2ccc(C(=O)c3ccccc3)cc2)C1. The monoisotopic (exact) mass is 365 g/mol. The van der Waals surface area contributed by atoms with Crippen molar-refractivity contribution in [2.24, 2.45) is 0 Å². The molecule has 3 rings (SSSR count). The Hall–Kier alpha value is -2.99. The second-order valence-corrected chi connectivity index (χ2v) is 6.74. The summed E-state index contributed by atoms with van der Waals surface area (Å²) >= 11 is 0. The van der Waals surface area contributed by atoms with Gasteiger partial charge < -0.3 is 10.6 Å². The maximum atomic E-state index is 12.4. The van der Waals surface area contributed by atoms with Crippen molar-refractivity contribution in [1.82, 2.24) is 10.2 Å². The first kappa shape index (κ1) is 18.8. The minimum Gasteiger partial charge on any atom is -0.352 e. The van der Waals surface area contributed by atoms with Crippen molar-refractivity contribution in [2.45, 2.75) is 19.4 Å². The van der Waals surface area contributed by atoms with Crippen molar-refractivity contribution in [3.63, 3.8) is 0 Å². The van der Waals surface area contributed by atoms with E-state index in [1.165, 1.54) is 6.92 Å². The van der Waals surface area contributed by atoms with Crippen LogP contribution in [0.3, 0.4) is 0 Å². The van der Waals surface area contributed by atoms with Gasteiger partial charge in [-0.1, -0.05) is 30.3 Å². The molecule has 6 heteroatoms. The van der Waals surface area contributed by atoms with Crippen LogP contribution < -0.4 is 10.6 Å². The van der Waals surface area contributed by atoms with Crippen molar-refractivity contribution in [1.29, 1.82) is 0 Å². The first-order chi connectivity index (χ1) is 13.0. The second-order valence-electron chi connectivity index (χ2n) is 6.74. The fourth-order valence-electron chi connectivity index (χ4n) is 3.25. The van der Waals surface area contributed by atoms with Crippen molar-refractivity contribution in [2.75, 3.05) is 25.0 Å². The van der Waals surface area contributed by atoms with Crippen LogP contribution in [-0.4, -0.2) is 48.2 Å². The van der Waals surface area contributed by atoms with Crippen LogP contribution in [0.1, 0.15) is 29.3 Å². The summed E-state index contributed by atoms with van der Waals surface area (Å²) in [5.41, 5.74) is 1.87. The van der Waals surface area contributed by atoms with Crippen LogP contribution in [0.15, 0.2) is 54.6 Å². The number of hydrogen-bond donors (Lipinski definition) is 2. The van der Waals surface area contributed by atoms with Crippen LogP contribution in [0.2, 0.25) is 0 Å². The molecule has 2 aromatic carbocycles. The number of amides is 2. The number of nitrogens with zero attached hydrogens (tertiary/aromatic N) is 1. The van der Waals surface area contributed by atoms with Gasteiger partial charge in [-0.25, -0.2) is 0 Å². The maximum absolute atomic E-state index is 12.4. The Morgan fingerprint density at radius 2 is 1.67 bits per heavy atom. The van der Waals surface area contributed by atoms with E-state index in [9.17, 15) is 14.4 Å². The third-order valence-corrected chi connectivity index (χ3v) is 4.51. The lowest BCUT2D eigenvalue weighted by atomic mass is 10.0. The Morgan fingerprint density at radius 1 is 1.00 bits per heavy atom. The fourth-order valence-corrected chi connectivity index (χ4v) is 3.25. The number of rotatable bonds is 6. The number of hydrogen-bond acceptors (Lipinski definition) is 4. The molecule has 0 aliphatic carbocycles. The third-order valence-electron chi connectivity index (χ3n) is 4.51.